The summed E-state index contributed by atoms with van der Waals surface area (Å²) in [5, 5.41) is 9.50. The molecule has 0 atom stereocenters. The highest BCUT2D eigenvalue weighted by Gasteiger charge is 2.16. The minimum Gasteiger partial charge on any atom is -0.493 e. The predicted octanol–water partition coefficient (Wildman–Crippen LogP) is 3.65. The smallest absolute Gasteiger partial charge is 0.161 e. The number of fused-ring (bicyclic) bond motifs is 1. The molecule has 0 bridgehead atoms. The van der Waals surface area contributed by atoms with Gasteiger partial charge in [0.05, 0.1) is 14.2 Å². The normalized spacial score (nSPS) is 10.5. The summed E-state index contributed by atoms with van der Waals surface area (Å²) in [6.07, 6.45) is 1.82. The molecular formula is C16H12BrN3O2. The van der Waals surface area contributed by atoms with Gasteiger partial charge >= 0.3 is 0 Å². The van der Waals surface area contributed by atoms with E-state index in [1.165, 1.54) is 0 Å². The molecule has 3 rings (SSSR count). The van der Waals surface area contributed by atoms with E-state index >= 15 is 0 Å². The van der Waals surface area contributed by atoms with Gasteiger partial charge in [-0.05, 0) is 46.3 Å². The molecule has 0 aliphatic rings. The number of methoxy groups -OCH3 is 2. The third kappa shape index (κ3) is 2.30. The molecular weight excluding hydrogens is 346 g/mol. The van der Waals surface area contributed by atoms with Gasteiger partial charge in [-0.25, -0.2) is 4.98 Å². The summed E-state index contributed by atoms with van der Waals surface area (Å²) >= 11 is 3.41. The second kappa shape index (κ2) is 5.70. The van der Waals surface area contributed by atoms with E-state index in [0.717, 1.165) is 10.0 Å². The number of nitrogens with zero attached hydrogens (tertiary/aromatic N) is 3. The van der Waals surface area contributed by atoms with Crippen LogP contribution in [0.5, 0.6) is 11.5 Å². The van der Waals surface area contributed by atoms with Gasteiger partial charge in [-0.1, -0.05) is 0 Å². The van der Waals surface area contributed by atoms with E-state index in [1.807, 2.05) is 30.5 Å². The van der Waals surface area contributed by atoms with Crippen molar-refractivity contribution in [2.75, 3.05) is 14.2 Å². The monoisotopic (exact) mass is 357 g/mol. The average Bonchev–Trinajstić information content (AvgIpc) is 2.91. The molecule has 0 fully saturated rings. The number of halogens is 1. The van der Waals surface area contributed by atoms with E-state index in [9.17, 15) is 5.26 Å². The molecule has 0 spiro atoms. The first kappa shape index (κ1) is 14.4. The van der Waals surface area contributed by atoms with E-state index < -0.39 is 0 Å². The molecule has 1 aromatic carbocycles. The van der Waals surface area contributed by atoms with Gasteiger partial charge in [0.1, 0.15) is 17.4 Å². The maximum atomic E-state index is 9.50. The predicted molar refractivity (Wildman–Crippen MR) is 86.1 cm³/mol. The third-order valence-electron chi connectivity index (χ3n) is 3.35. The summed E-state index contributed by atoms with van der Waals surface area (Å²) in [6.45, 7) is 0. The fourth-order valence-corrected chi connectivity index (χ4v) is 2.65. The third-order valence-corrected chi connectivity index (χ3v) is 3.81. The second-order valence-electron chi connectivity index (χ2n) is 4.57. The Morgan fingerprint density at radius 2 is 1.91 bits per heavy atom. The number of imidazole rings is 1. The maximum Gasteiger partial charge on any atom is 0.161 e. The molecule has 2 heterocycles. The molecule has 0 radical (unpaired) electrons. The van der Waals surface area contributed by atoms with Crippen LogP contribution in [0.25, 0.3) is 16.9 Å². The van der Waals surface area contributed by atoms with Crippen molar-refractivity contribution < 1.29 is 9.47 Å². The lowest BCUT2D eigenvalue weighted by molar-refractivity contribution is 0.355. The van der Waals surface area contributed by atoms with Crippen LogP contribution in [-0.4, -0.2) is 23.6 Å². The summed E-state index contributed by atoms with van der Waals surface area (Å²) in [6, 6.07) is 11.4. The topological polar surface area (TPSA) is 59.5 Å². The number of aromatic nitrogens is 2. The molecule has 22 heavy (non-hydrogen) atoms. The number of hydrogen-bond donors (Lipinski definition) is 0. The molecule has 0 saturated carbocycles. The van der Waals surface area contributed by atoms with E-state index in [1.54, 1.807) is 24.7 Å². The Morgan fingerprint density at radius 1 is 1.14 bits per heavy atom. The van der Waals surface area contributed by atoms with Crippen molar-refractivity contribution in [3.05, 3.63) is 46.7 Å². The Bertz CT molecular complexity index is 896. The fourth-order valence-electron chi connectivity index (χ4n) is 2.31. The number of ether oxygens (including phenoxy) is 2. The molecule has 2 aromatic heterocycles. The molecule has 6 heteroatoms. The first-order valence-electron chi connectivity index (χ1n) is 6.48. The second-order valence-corrected chi connectivity index (χ2v) is 5.48. The average molecular weight is 358 g/mol. The number of nitriles is 1. The van der Waals surface area contributed by atoms with E-state index in [0.29, 0.717) is 28.5 Å². The van der Waals surface area contributed by atoms with Crippen molar-refractivity contribution in [1.82, 2.24) is 9.38 Å². The van der Waals surface area contributed by atoms with Crippen molar-refractivity contribution in [3.8, 4) is 28.8 Å². The summed E-state index contributed by atoms with van der Waals surface area (Å²) in [5.41, 5.74) is 2.60. The Balaban J connectivity index is 2.24. The molecule has 0 amide bonds. The number of hydrogen-bond acceptors (Lipinski definition) is 4. The number of rotatable bonds is 3. The highest BCUT2D eigenvalue weighted by molar-refractivity contribution is 9.10. The zero-order chi connectivity index (χ0) is 15.7. The Morgan fingerprint density at radius 3 is 2.59 bits per heavy atom. The summed E-state index contributed by atoms with van der Waals surface area (Å²) < 4.78 is 13.2. The van der Waals surface area contributed by atoms with E-state index in [2.05, 4.69) is 27.0 Å². The zero-order valence-electron chi connectivity index (χ0n) is 12.0. The molecule has 0 aliphatic carbocycles. The van der Waals surface area contributed by atoms with Crippen LogP contribution in [0, 0.1) is 11.3 Å². The van der Waals surface area contributed by atoms with Crippen LogP contribution in [-0.2, 0) is 0 Å². The molecule has 3 aromatic rings. The van der Waals surface area contributed by atoms with Gasteiger partial charge in [0.15, 0.2) is 17.2 Å². The van der Waals surface area contributed by atoms with Crippen molar-refractivity contribution in [3.63, 3.8) is 0 Å². The number of benzene rings is 1. The van der Waals surface area contributed by atoms with Crippen molar-refractivity contribution in [2.24, 2.45) is 0 Å². The van der Waals surface area contributed by atoms with Crippen LogP contribution in [0.3, 0.4) is 0 Å². The maximum absolute atomic E-state index is 9.50. The quantitative estimate of drug-likeness (QED) is 0.717. The highest BCUT2D eigenvalue weighted by Crippen LogP contribution is 2.33. The van der Waals surface area contributed by atoms with Gasteiger partial charge in [0, 0.05) is 16.2 Å². The fraction of sp³-hybridized carbons (Fsp3) is 0.125. The van der Waals surface area contributed by atoms with E-state index in [4.69, 9.17) is 9.47 Å². The van der Waals surface area contributed by atoms with Crippen LogP contribution in [0.4, 0.5) is 0 Å². The Labute approximate surface area is 135 Å². The summed E-state index contributed by atoms with van der Waals surface area (Å²) in [4.78, 5) is 4.55. The standard InChI is InChI=1S/C16H12BrN3O2/c1-21-13-5-3-10(7-14(13)22-2)16-12(8-18)20-9-11(17)4-6-15(20)19-16/h3-7,9H,1-2H3. The van der Waals surface area contributed by atoms with Crippen molar-refractivity contribution in [2.45, 2.75) is 0 Å². The van der Waals surface area contributed by atoms with Crippen LogP contribution >= 0.6 is 15.9 Å². The summed E-state index contributed by atoms with van der Waals surface area (Å²) in [5.74, 6) is 1.23. The van der Waals surface area contributed by atoms with Crippen molar-refractivity contribution in [1.29, 1.82) is 5.26 Å². The molecule has 0 unspecified atom stereocenters. The first-order valence-corrected chi connectivity index (χ1v) is 7.27. The van der Waals surface area contributed by atoms with Crippen LogP contribution in [0.1, 0.15) is 5.69 Å². The van der Waals surface area contributed by atoms with Crippen LogP contribution in [0.15, 0.2) is 41.0 Å². The Hall–Kier alpha value is -2.52. The molecule has 0 aliphatic heterocycles. The highest BCUT2D eigenvalue weighted by atomic mass is 79.9. The minimum absolute atomic E-state index is 0.475. The molecule has 0 N–H and O–H groups in total. The molecule has 5 nitrogen and oxygen atoms in total. The lowest BCUT2D eigenvalue weighted by atomic mass is 10.1. The molecule has 0 saturated heterocycles. The largest absolute Gasteiger partial charge is 0.493 e. The number of pyridine rings is 1. The zero-order valence-corrected chi connectivity index (χ0v) is 13.6. The van der Waals surface area contributed by atoms with E-state index in [-0.39, 0.29) is 0 Å². The molecule has 110 valence electrons. The SMILES string of the molecule is COc1ccc(-c2nc3ccc(Br)cn3c2C#N)cc1OC. The van der Waals surface area contributed by atoms with Gasteiger partial charge in [0.25, 0.3) is 0 Å². The first-order chi connectivity index (χ1) is 10.7. The van der Waals surface area contributed by atoms with Gasteiger partial charge in [-0.3, -0.25) is 4.40 Å². The van der Waals surface area contributed by atoms with Crippen molar-refractivity contribution >= 4 is 21.6 Å². The van der Waals surface area contributed by atoms with Crippen LogP contribution in [0.2, 0.25) is 0 Å². The Kier molecular flexibility index (Phi) is 3.73. The van der Waals surface area contributed by atoms with Gasteiger partial charge < -0.3 is 9.47 Å². The van der Waals surface area contributed by atoms with Gasteiger partial charge in [-0.2, -0.15) is 5.26 Å². The van der Waals surface area contributed by atoms with Gasteiger partial charge in [0.2, 0.25) is 0 Å². The minimum atomic E-state index is 0.475. The summed E-state index contributed by atoms with van der Waals surface area (Å²) in [7, 11) is 3.16. The van der Waals surface area contributed by atoms with Crippen LogP contribution < -0.4 is 9.47 Å². The van der Waals surface area contributed by atoms with Gasteiger partial charge in [-0.15, -0.1) is 0 Å². The lowest BCUT2D eigenvalue weighted by Gasteiger charge is -2.08. The lowest BCUT2D eigenvalue weighted by Crippen LogP contribution is -1.92.